The van der Waals surface area contributed by atoms with Crippen LogP contribution in [0.5, 0.6) is 0 Å². The average molecular weight is 415 g/mol. The monoisotopic (exact) mass is 413 g/mol. The number of benzene rings is 1. The Bertz CT molecular complexity index is 617. The Morgan fingerprint density at radius 1 is 1.25 bits per heavy atom. The number of anilines is 1. The van der Waals surface area contributed by atoms with Crippen LogP contribution in [0.3, 0.4) is 0 Å². The predicted octanol–water partition coefficient (Wildman–Crippen LogP) is 4.40. The van der Waals surface area contributed by atoms with Gasteiger partial charge in [-0.3, -0.25) is 0 Å². The van der Waals surface area contributed by atoms with Crippen molar-refractivity contribution in [1.82, 2.24) is 10.3 Å². The maximum atomic E-state index is 5.28. The molecule has 1 aromatic carbocycles. The molecule has 1 aromatic heterocycles. The highest BCUT2D eigenvalue weighted by Crippen LogP contribution is 2.29. The standard InChI is InChI=1S/C14H13Br2N3S/c1-9-11(15)8-17-13(12(9)16)19-14(20)18-7-10-5-3-2-4-6-10/h2-6,8H,7H2,1H3,(H2,17,18,19,20). The molecule has 0 aliphatic rings. The molecule has 0 radical (unpaired) electrons. The zero-order valence-corrected chi connectivity index (χ0v) is 14.8. The van der Waals surface area contributed by atoms with Crippen LogP contribution < -0.4 is 10.6 Å². The molecule has 0 unspecified atom stereocenters. The van der Waals surface area contributed by atoms with Gasteiger partial charge < -0.3 is 10.6 Å². The van der Waals surface area contributed by atoms with Crippen molar-refractivity contribution in [2.24, 2.45) is 0 Å². The van der Waals surface area contributed by atoms with Crippen LogP contribution in [-0.4, -0.2) is 10.1 Å². The van der Waals surface area contributed by atoms with Gasteiger partial charge in [-0.1, -0.05) is 30.3 Å². The highest BCUT2D eigenvalue weighted by atomic mass is 79.9. The predicted molar refractivity (Wildman–Crippen MR) is 93.9 cm³/mol. The first-order valence-corrected chi connectivity index (χ1v) is 7.96. The molecule has 0 atom stereocenters. The second kappa shape index (κ2) is 7.15. The van der Waals surface area contributed by atoms with Crippen molar-refractivity contribution in [3.8, 4) is 0 Å². The van der Waals surface area contributed by atoms with Crippen LogP contribution in [0.15, 0.2) is 45.5 Å². The smallest absolute Gasteiger partial charge is 0.172 e. The van der Waals surface area contributed by atoms with Crippen molar-refractivity contribution in [1.29, 1.82) is 0 Å². The van der Waals surface area contributed by atoms with E-state index in [1.54, 1.807) is 6.20 Å². The van der Waals surface area contributed by atoms with Gasteiger partial charge in [-0.15, -0.1) is 0 Å². The Morgan fingerprint density at radius 2 is 1.95 bits per heavy atom. The van der Waals surface area contributed by atoms with E-state index in [0.29, 0.717) is 17.5 Å². The van der Waals surface area contributed by atoms with Crippen LogP contribution in [0, 0.1) is 6.92 Å². The summed E-state index contributed by atoms with van der Waals surface area (Å²) in [7, 11) is 0. The Balaban J connectivity index is 1.97. The second-order valence-corrected chi connectivity index (χ2v) is 6.24. The lowest BCUT2D eigenvalue weighted by molar-refractivity contribution is 0.924. The van der Waals surface area contributed by atoms with E-state index < -0.39 is 0 Å². The number of pyridine rings is 1. The van der Waals surface area contributed by atoms with Gasteiger partial charge in [0.05, 0.1) is 4.47 Å². The zero-order chi connectivity index (χ0) is 14.5. The van der Waals surface area contributed by atoms with Crippen molar-refractivity contribution in [3.63, 3.8) is 0 Å². The molecule has 0 fully saturated rings. The van der Waals surface area contributed by atoms with Crippen LogP contribution in [0.1, 0.15) is 11.1 Å². The molecule has 1 heterocycles. The lowest BCUT2D eigenvalue weighted by Gasteiger charge is -2.12. The molecule has 2 N–H and O–H groups in total. The van der Waals surface area contributed by atoms with Crippen LogP contribution in [0.2, 0.25) is 0 Å². The van der Waals surface area contributed by atoms with E-state index in [1.165, 1.54) is 5.56 Å². The van der Waals surface area contributed by atoms with E-state index in [-0.39, 0.29) is 0 Å². The summed E-state index contributed by atoms with van der Waals surface area (Å²) >= 11 is 12.2. The summed E-state index contributed by atoms with van der Waals surface area (Å²) in [6, 6.07) is 10.1. The van der Waals surface area contributed by atoms with E-state index in [1.807, 2.05) is 37.3 Å². The lowest BCUT2D eigenvalue weighted by atomic mass is 10.2. The summed E-state index contributed by atoms with van der Waals surface area (Å²) in [5, 5.41) is 6.79. The second-order valence-electron chi connectivity index (χ2n) is 4.19. The molecule has 2 rings (SSSR count). The highest BCUT2D eigenvalue weighted by molar-refractivity contribution is 9.11. The minimum absolute atomic E-state index is 0.545. The Kier molecular flexibility index (Phi) is 5.51. The van der Waals surface area contributed by atoms with Gasteiger partial charge in [-0.25, -0.2) is 4.98 Å². The normalized spacial score (nSPS) is 10.2. The number of nitrogens with one attached hydrogen (secondary N) is 2. The molecule has 0 saturated heterocycles. The maximum absolute atomic E-state index is 5.28. The SMILES string of the molecule is Cc1c(Br)cnc(NC(=S)NCc2ccccc2)c1Br. The van der Waals surface area contributed by atoms with Crippen molar-refractivity contribution in [2.45, 2.75) is 13.5 Å². The van der Waals surface area contributed by atoms with Gasteiger partial charge in [-0.2, -0.15) is 0 Å². The summed E-state index contributed by atoms with van der Waals surface area (Å²) in [6.07, 6.45) is 1.75. The zero-order valence-electron chi connectivity index (χ0n) is 10.8. The first-order chi connectivity index (χ1) is 9.58. The topological polar surface area (TPSA) is 37.0 Å². The third kappa shape index (κ3) is 4.01. The molecular formula is C14H13Br2N3S. The van der Waals surface area contributed by atoms with Gasteiger partial charge in [0.25, 0.3) is 0 Å². The molecular weight excluding hydrogens is 402 g/mol. The fourth-order valence-electron chi connectivity index (χ4n) is 1.57. The van der Waals surface area contributed by atoms with Crippen molar-refractivity contribution < 1.29 is 0 Å². The fourth-order valence-corrected chi connectivity index (χ4v) is 2.72. The fraction of sp³-hybridized carbons (Fsp3) is 0.143. The molecule has 6 heteroatoms. The summed E-state index contributed by atoms with van der Waals surface area (Å²) < 4.78 is 1.86. The third-order valence-electron chi connectivity index (χ3n) is 2.73. The van der Waals surface area contributed by atoms with Crippen molar-refractivity contribution in [3.05, 3.63) is 56.6 Å². The van der Waals surface area contributed by atoms with Gasteiger partial charge in [0, 0.05) is 17.2 Å². The Hall–Kier alpha value is -0.980. The molecule has 0 bridgehead atoms. The van der Waals surface area contributed by atoms with E-state index in [2.05, 4.69) is 47.5 Å². The van der Waals surface area contributed by atoms with Crippen LogP contribution in [0.4, 0.5) is 5.82 Å². The summed E-state index contributed by atoms with van der Waals surface area (Å²) in [5.74, 6) is 0.705. The number of hydrogen-bond acceptors (Lipinski definition) is 2. The maximum Gasteiger partial charge on any atom is 0.172 e. The van der Waals surface area contributed by atoms with Gasteiger partial charge in [0.2, 0.25) is 0 Å². The van der Waals surface area contributed by atoms with Gasteiger partial charge in [-0.05, 0) is 62.1 Å². The quantitative estimate of drug-likeness (QED) is 0.729. The minimum atomic E-state index is 0.545. The number of thiocarbonyl (C=S) groups is 1. The number of hydrogen-bond donors (Lipinski definition) is 2. The van der Waals surface area contributed by atoms with Crippen molar-refractivity contribution >= 4 is 55.0 Å². The van der Waals surface area contributed by atoms with Crippen LogP contribution >= 0.6 is 44.1 Å². The number of aromatic nitrogens is 1. The number of rotatable bonds is 3. The molecule has 2 aromatic rings. The molecule has 0 spiro atoms. The van der Waals surface area contributed by atoms with Gasteiger partial charge >= 0.3 is 0 Å². The van der Waals surface area contributed by atoms with E-state index >= 15 is 0 Å². The molecule has 3 nitrogen and oxygen atoms in total. The highest BCUT2D eigenvalue weighted by Gasteiger charge is 2.08. The molecule has 0 aliphatic heterocycles. The van der Waals surface area contributed by atoms with E-state index in [4.69, 9.17) is 12.2 Å². The minimum Gasteiger partial charge on any atom is -0.358 e. The van der Waals surface area contributed by atoms with Crippen LogP contribution in [-0.2, 0) is 6.54 Å². The third-order valence-corrected chi connectivity index (χ3v) is 4.75. The molecule has 0 saturated carbocycles. The van der Waals surface area contributed by atoms with Crippen LogP contribution in [0.25, 0.3) is 0 Å². The van der Waals surface area contributed by atoms with Gasteiger partial charge in [0.15, 0.2) is 5.11 Å². The summed E-state index contributed by atoms with van der Waals surface area (Å²) in [6.45, 7) is 2.68. The number of nitrogens with zero attached hydrogens (tertiary/aromatic N) is 1. The molecule has 0 aliphatic carbocycles. The Labute approximate surface area is 140 Å². The first-order valence-electron chi connectivity index (χ1n) is 5.97. The van der Waals surface area contributed by atoms with Gasteiger partial charge in [0.1, 0.15) is 5.82 Å². The van der Waals surface area contributed by atoms with Crippen molar-refractivity contribution in [2.75, 3.05) is 5.32 Å². The lowest BCUT2D eigenvalue weighted by Crippen LogP contribution is -2.28. The average Bonchev–Trinajstić information content (AvgIpc) is 2.47. The molecule has 20 heavy (non-hydrogen) atoms. The van der Waals surface area contributed by atoms with E-state index in [0.717, 1.165) is 14.5 Å². The number of halogens is 2. The summed E-state index contributed by atoms with van der Waals surface area (Å²) in [5.41, 5.74) is 2.25. The summed E-state index contributed by atoms with van der Waals surface area (Å²) in [4.78, 5) is 4.30. The largest absolute Gasteiger partial charge is 0.358 e. The first kappa shape index (κ1) is 15.4. The molecule has 0 amide bonds. The van der Waals surface area contributed by atoms with E-state index in [9.17, 15) is 0 Å². The Morgan fingerprint density at radius 3 is 2.65 bits per heavy atom. The molecule has 104 valence electrons.